The normalized spacial score (nSPS) is 18.4. The molecule has 3 heteroatoms. The van der Waals surface area contributed by atoms with E-state index in [0.29, 0.717) is 6.54 Å². The lowest BCUT2D eigenvalue weighted by Gasteiger charge is -2.37. The molecule has 112 valence electrons. The first-order chi connectivity index (χ1) is 9.72. The average molecular weight is 276 g/mol. The molecule has 1 aromatic rings. The van der Waals surface area contributed by atoms with E-state index in [0.717, 1.165) is 51.7 Å². The summed E-state index contributed by atoms with van der Waals surface area (Å²) in [4.78, 5) is 2.37. The minimum Gasteiger partial charge on any atom is -0.389 e. The van der Waals surface area contributed by atoms with Gasteiger partial charge in [0.2, 0.25) is 0 Å². The van der Waals surface area contributed by atoms with Crippen molar-refractivity contribution >= 4 is 0 Å². The van der Waals surface area contributed by atoms with Crippen LogP contribution in [0.2, 0.25) is 0 Å². The molecule has 0 radical (unpaired) electrons. The highest BCUT2D eigenvalue weighted by molar-refractivity contribution is 5.14. The van der Waals surface area contributed by atoms with Crippen LogP contribution in [0.3, 0.4) is 0 Å². The van der Waals surface area contributed by atoms with Crippen LogP contribution in [0, 0.1) is 0 Å². The molecular formula is C17H28N2O. The summed E-state index contributed by atoms with van der Waals surface area (Å²) in [5.41, 5.74) is 6.47. The fraction of sp³-hybridized carbons (Fsp3) is 0.647. The lowest BCUT2D eigenvalue weighted by Crippen LogP contribution is -2.44. The molecule has 0 saturated heterocycles. The van der Waals surface area contributed by atoms with E-state index in [1.54, 1.807) is 0 Å². The fourth-order valence-electron chi connectivity index (χ4n) is 3.15. The first-order valence-electron chi connectivity index (χ1n) is 7.91. The standard InChI is InChI=1S/C17H28N2O/c18-12-7-13-19(14-16-8-3-1-4-9-16)15-17(20)10-5-2-6-11-17/h1,3-4,8-9,20H,2,5-7,10-15,18H2. The number of aliphatic hydroxyl groups is 1. The van der Waals surface area contributed by atoms with Gasteiger partial charge < -0.3 is 10.8 Å². The molecular weight excluding hydrogens is 248 g/mol. The van der Waals surface area contributed by atoms with Crippen molar-refractivity contribution in [3.05, 3.63) is 35.9 Å². The third kappa shape index (κ3) is 4.89. The van der Waals surface area contributed by atoms with Gasteiger partial charge in [0, 0.05) is 13.1 Å². The summed E-state index contributed by atoms with van der Waals surface area (Å²) in [6.45, 7) is 3.36. The topological polar surface area (TPSA) is 49.5 Å². The van der Waals surface area contributed by atoms with Crippen LogP contribution in [0.5, 0.6) is 0 Å². The van der Waals surface area contributed by atoms with Crippen molar-refractivity contribution in [1.29, 1.82) is 0 Å². The summed E-state index contributed by atoms with van der Waals surface area (Å²) < 4.78 is 0. The molecule has 0 spiro atoms. The molecule has 1 fully saturated rings. The van der Waals surface area contributed by atoms with E-state index in [4.69, 9.17) is 5.73 Å². The Kier molecular flexibility index (Phi) is 6.02. The van der Waals surface area contributed by atoms with Gasteiger partial charge in [0.05, 0.1) is 5.60 Å². The first kappa shape index (κ1) is 15.5. The summed E-state index contributed by atoms with van der Waals surface area (Å²) in [5.74, 6) is 0. The highest BCUT2D eigenvalue weighted by Gasteiger charge is 2.31. The molecule has 0 unspecified atom stereocenters. The van der Waals surface area contributed by atoms with Gasteiger partial charge in [0.25, 0.3) is 0 Å². The summed E-state index contributed by atoms with van der Waals surface area (Å²) in [6.07, 6.45) is 6.47. The highest BCUT2D eigenvalue weighted by Crippen LogP contribution is 2.29. The van der Waals surface area contributed by atoms with Crippen LogP contribution in [0.25, 0.3) is 0 Å². The lowest BCUT2D eigenvalue weighted by atomic mass is 9.84. The van der Waals surface area contributed by atoms with E-state index in [1.807, 2.05) is 6.07 Å². The van der Waals surface area contributed by atoms with Gasteiger partial charge in [-0.1, -0.05) is 49.6 Å². The first-order valence-corrected chi connectivity index (χ1v) is 7.91. The molecule has 0 bridgehead atoms. The largest absolute Gasteiger partial charge is 0.389 e. The molecule has 0 aliphatic heterocycles. The molecule has 20 heavy (non-hydrogen) atoms. The Morgan fingerprint density at radius 1 is 1.10 bits per heavy atom. The quantitative estimate of drug-likeness (QED) is 0.804. The second kappa shape index (κ2) is 7.77. The zero-order chi connectivity index (χ0) is 14.3. The minimum atomic E-state index is -0.484. The molecule has 0 aromatic heterocycles. The number of nitrogens with zero attached hydrogens (tertiary/aromatic N) is 1. The molecule has 3 N–H and O–H groups in total. The second-order valence-electron chi connectivity index (χ2n) is 6.12. The van der Waals surface area contributed by atoms with E-state index in [-0.39, 0.29) is 0 Å². The zero-order valence-electron chi connectivity index (χ0n) is 12.4. The molecule has 0 amide bonds. The monoisotopic (exact) mass is 276 g/mol. The van der Waals surface area contributed by atoms with Gasteiger partial charge in [-0.15, -0.1) is 0 Å². The van der Waals surface area contributed by atoms with Crippen molar-refractivity contribution in [3.63, 3.8) is 0 Å². The Balaban J connectivity index is 1.95. The predicted octanol–water partition coefficient (Wildman–Crippen LogP) is 2.53. The van der Waals surface area contributed by atoms with E-state index >= 15 is 0 Å². The maximum atomic E-state index is 10.7. The number of hydrogen-bond donors (Lipinski definition) is 2. The number of nitrogens with two attached hydrogens (primary N) is 1. The van der Waals surface area contributed by atoms with Gasteiger partial charge in [0.1, 0.15) is 0 Å². The molecule has 2 rings (SSSR count). The minimum absolute atomic E-state index is 0.484. The summed E-state index contributed by atoms with van der Waals surface area (Å²) in [5, 5.41) is 10.7. The van der Waals surface area contributed by atoms with Crippen LogP contribution in [-0.4, -0.2) is 35.2 Å². The van der Waals surface area contributed by atoms with Crippen molar-refractivity contribution in [3.8, 4) is 0 Å². The Morgan fingerprint density at radius 2 is 1.80 bits per heavy atom. The van der Waals surface area contributed by atoms with Gasteiger partial charge in [-0.05, 0) is 37.9 Å². The summed E-state index contributed by atoms with van der Waals surface area (Å²) in [7, 11) is 0. The molecule has 1 saturated carbocycles. The second-order valence-corrected chi connectivity index (χ2v) is 6.12. The van der Waals surface area contributed by atoms with Gasteiger partial charge in [0.15, 0.2) is 0 Å². The molecule has 1 aliphatic rings. The van der Waals surface area contributed by atoms with Crippen molar-refractivity contribution in [2.75, 3.05) is 19.6 Å². The summed E-state index contributed by atoms with van der Waals surface area (Å²) in [6, 6.07) is 10.5. The predicted molar refractivity (Wildman–Crippen MR) is 83.4 cm³/mol. The average Bonchev–Trinajstić information content (AvgIpc) is 2.46. The van der Waals surface area contributed by atoms with Gasteiger partial charge in [-0.3, -0.25) is 4.90 Å². The zero-order valence-corrected chi connectivity index (χ0v) is 12.4. The van der Waals surface area contributed by atoms with Crippen LogP contribution in [0.4, 0.5) is 0 Å². The van der Waals surface area contributed by atoms with Gasteiger partial charge in [-0.2, -0.15) is 0 Å². The van der Waals surface area contributed by atoms with Crippen LogP contribution < -0.4 is 5.73 Å². The highest BCUT2D eigenvalue weighted by atomic mass is 16.3. The number of benzene rings is 1. The Bertz CT molecular complexity index is 374. The van der Waals surface area contributed by atoms with E-state index in [9.17, 15) is 5.11 Å². The van der Waals surface area contributed by atoms with Crippen LogP contribution >= 0.6 is 0 Å². The molecule has 1 aliphatic carbocycles. The maximum absolute atomic E-state index is 10.7. The van der Waals surface area contributed by atoms with Crippen molar-refractivity contribution in [1.82, 2.24) is 4.90 Å². The van der Waals surface area contributed by atoms with Crippen LogP contribution in [0.1, 0.15) is 44.1 Å². The number of hydrogen-bond acceptors (Lipinski definition) is 3. The Labute approximate surface area is 122 Å². The molecule has 0 atom stereocenters. The Hall–Kier alpha value is -0.900. The van der Waals surface area contributed by atoms with E-state index in [2.05, 4.69) is 29.2 Å². The number of rotatable bonds is 7. The van der Waals surface area contributed by atoms with Crippen LogP contribution in [0.15, 0.2) is 30.3 Å². The van der Waals surface area contributed by atoms with Gasteiger partial charge >= 0.3 is 0 Å². The maximum Gasteiger partial charge on any atom is 0.0774 e. The van der Waals surface area contributed by atoms with Gasteiger partial charge in [-0.25, -0.2) is 0 Å². The summed E-state index contributed by atoms with van der Waals surface area (Å²) >= 11 is 0. The lowest BCUT2D eigenvalue weighted by molar-refractivity contribution is -0.0282. The van der Waals surface area contributed by atoms with E-state index < -0.39 is 5.60 Å². The fourth-order valence-corrected chi connectivity index (χ4v) is 3.15. The third-order valence-corrected chi connectivity index (χ3v) is 4.23. The third-order valence-electron chi connectivity index (χ3n) is 4.23. The van der Waals surface area contributed by atoms with Crippen molar-refractivity contribution in [2.24, 2.45) is 5.73 Å². The smallest absolute Gasteiger partial charge is 0.0774 e. The van der Waals surface area contributed by atoms with Crippen molar-refractivity contribution in [2.45, 2.75) is 50.7 Å². The Morgan fingerprint density at radius 3 is 2.45 bits per heavy atom. The molecule has 0 heterocycles. The van der Waals surface area contributed by atoms with Crippen LogP contribution in [-0.2, 0) is 6.54 Å². The molecule has 1 aromatic carbocycles. The van der Waals surface area contributed by atoms with Crippen molar-refractivity contribution < 1.29 is 5.11 Å². The van der Waals surface area contributed by atoms with E-state index in [1.165, 1.54) is 12.0 Å². The SMILES string of the molecule is NCCCN(Cc1ccccc1)CC1(O)CCCCC1. The molecule has 3 nitrogen and oxygen atoms in total.